The minimum absolute atomic E-state index is 0.0328. The number of benzene rings is 2. The molecule has 0 heterocycles. The van der Waals surface area contributed by atoms with E-state index in [4.69, 9.17) is 11.6 Å². The Hall–Kier alpha value is -1.77. The van der Waals surface area contributed by atoms with Gasteiger partial charge in [0.2, 0.25) is 10.0 Å². The highest BCUT2D eigenvalue weighted by molar-refractivity contribution is 7.88. The van der Waals surface area contributed by atoms with Gasteiger partial charge in [0, 0.05) is 12.1 Å². The van der Waals surface area contributed by atoms with Crippen molar-refractivity contribution < 1.29 is 21.6 Å². The zero-order valence-corrected chi connectivity index (χ0v) is 16.4. The van der Waals surface area contributed by atoms with Crippen molar-refractivity contribution in [2.24, 2.45) is 4.99 Å². The van der Waals surface area contributed by atoms with Crippen molar-refractivity contribution >= 4 is 44.7 Å². The van der Waals surface area contributed by atoms with Crippen LogP contribution < -0.4 is 4.72 Å². The maximum atomic E-state index is 13.5. The third-order valence-electron chi connectivity index (χ3n) is 3.58. The first-order valence-electron chi connectivity index (χ1n) is 7.54. The Bertz CT molecular complexity index is 984. The first-order chi connectivity index (χ1) is 12.5. The van der Waals surface area contributed by atoms with Crippen LogP contribution in [0.2, 0.25) is 5.02 Å². The van der Waals surface area contributed by atoms with Crippen molar-refractivity contribution in [1.29, 1.82) is 0 Å². The third kappa shape index (κ3) is 6.12. The standard InChI is InChI=1S/C17H14ClF3N2O2S2/c1-27(24,25)23-7-6-11-2-4-12(5-3-11)16-14(17(19,20)21)8-13(22-10-26)9-15(16)18/h2-5,8-9,23H,6-7H2,1H3. The predicted molar refractivity (Wildman–Crippen MR) is 103 cm³/mol. The summed E-state index contributed by atoms with van der Waals surface area (Å²) in [5, 5.41) is 1.91. The number of alkyl halides is 3. The molecule has 144 valence electrons. The first kappa shape index (κ1) is 21.5. The van der Waals surface area contributed by atoms with Gasteiger partial charge in [-0.1, -0.05) is 35.9 Å². The monoisotopic (exact) mass is 434 g/mol. The minimum atomic E-state index is -4.63. The SMILES string of the molecule is CS(=O)(=O)NCCc1ccc(-c2c(Cl)cc(N=C=S)cc2C(F)(F)F)cc1. The van der Waals surface area contributed by atoms with Crippen LogP contribution in [0.5, 0.6) is 0 Å². The fourth-order valence-corrected chi connectivity index (χ4v) is 3.35. The molecule has 0 atom stereocenters. The van der Waals surface area contributed by atoms with Crippen LogP contribution >= 0.6 is 23.8 Å². The molecule has 1 N–H and O–H groups in total. The smallest absolute Gasteiger partial charge is 0.215 e. The molecule has 0 amide bonds. The Labute approximate surface area is 165 Å². The van der Waals surface area contributed by atoms with Crippen LogP contribution in [0.3, 0.4) is 0 Å². The Morgan fingerprint density at radius 2 is 1.85 bits per heavy atom. The molecule has 0 fully saturated rings. The highest BCUT2D eigenvalue weighted by Gasteiger charge is 2.35. The van der Waals surface area contributed by atoms with Gasteiger partial charge in [0.05, 0.1) is 27.7 Å². The van der Waals surface area contributed by atoms with Gasteiger partial charge in [-0.2, -0.15) is 18.2 Å². The second-order valence-electron chi connectivity index (χ2n) is 5.66. The van der Waals surface area contributed by atoms with E-state index in [1.165, 1.54) is 18.2 Å². The van der Waals surface area contributed by atoms with E-state index in [-0.39, 0.29) is 28.4 Å². The molecule has 0 radical (unpaired) electrons. The lowest BCUT2D eigenvalue weighted by atomic mass is 9.97. The van der Waals surface area contributed by atoms with Gasteiger partial charge in [0.1, 0.15) is 0 Å². The molecular formula is C17H14ClF3N2O2S2. The number of aliphatic imine (C=N–C) groups is 1. The molecule has 0 aliphatic rings. The summed E-state index contributed by atoms with van der Waals surface area (Å²) in [6.45, 7) is 0.191. The van der Waals surface area contributed by atoms with E-state index in [1.807, 2.05) is 5.16 Å². The number of rotatable bonds is 6. The Morgan fingerprint density at radius 3 is 2.37 bits per heavy atom. The van der Waals surface area contributed by atoms with E-state index in [1.54, 1.807) is 12.1 Å². The minimum Gasteiger partial charge on any atom is -0.215 e. The highest BCUT2D eigenvalue weighted by atomic mass is 35.5. The normalized spacial score (nSPS) is 11.9. The average Bonchev–Trinajstić information content (AvgIpc) is 2.53. The molecule has 10 heteroatoms. The van der Waals surface area contributed by atoms with E-state index in [2.05, 4.69) is 21.9 Å². The summed E-state index contributed by atoms with van der Waals surface area (Å²) in [4.78, 5) is 3.57. The topological polar surface area (TPSA) is 58.5 Å². The largest absolute Gasteiger partial charge is 0.417 e. The van der Waals surface area contributed by atoms with E-state index in [0.717, 1.165) is 17.9 Å². The maximum absolute atomic E-state index is 13.5. The van der Waals surface area contributed by atoms with Crippen LogP contribution in [0.1, 0.15) is 11.1 Å². The third-order valence-corrected chi connectivity index (χ3v) is 4.69. The summed E-state index contributed by atoms with van der Waals surface area (Å²) < 4.78 is 64.9. The molecule has 2 aromatic rings. The second kappa shape index (κ2) is 8.50. The van der Waals surface area contributed by atoms with E-state index < -0.39 is 21.8 Å². The van der Waals surface area contributed by atoms with Crippen molar-refractivity contribution in [2.75, 3.05) is 12.8 Å². The molecule has 0 unspecified atom stereocenters. The number of hydrogen-bond acceptors (Lipinski definition) is 4. The number of sulfonamides is 1. The van der Waals surface area contributed by atoms with Crippen LogP contribution in [0.25, 0.3) is 11.1 Å². The van der Waals surface area contributed by atoms with Crippen molar-refractivity contribution in [2.45, 2.75) is 12.6 Å². The molecule has 0 aliphatic carbocycles. The van der Waals surface area contributed by atoms with Crippen LogP contribution in [0, 0.1) is 0 Å². The van der Waals surface area contributed by atoms with Gasteiger partial charge in [0.15, 0.2) is 0 Å². The Morgan fingerprint density at radius 1 is 1.22 bits per heavy atom. The van der Waals surface area contributed by atoms with Crippen LogP contribution in [0.15, 0.2) is 41.4 Å². The lowest BCUT2D eigenvalue weighted by Gasteiger charge is -2.16. The average molecular weight is 435 g/mol. The molecule has 4 nitrogen and oxygen atoms in total. The number of thiocarbonyl (C=S) groups is 1. The second-order valence-corrected chi connectivity index (χ2v) is 8.09. The van der Waals surface area contributed by atoms with Crippen LogP contribution in [-0.4, -0.2) is 26.4 Å². The number of nitrogens with zero attached hydrogens (tertiary/aromatic N) is 1. The zero-order chi connectivity index (χ0) is 20.2. The van der Waals surface area contributed by atoms with Gasteiger partial charge in [-0.15, -0.1) is 0 Å². The molecule has 0 aromatic heterocycles. The van der Waals surface area contributed by atoms with E-state index in [9.17, 15) is 21.6 Å². The number of isothiocyanates is 1. The summed E-state index contributed by atoms with van der Waals surface area (Å²) >= 11 is 10.5. The van der Waals surface area contributed by atoms with Gasteiger partial charge >= 0.3 is 6.18 Å². The van der Waals surface area contributed by atoms with Crippen LogP contribution in [-0.2, 0) is 22.6 Å². The highest BCUT2D eigenvalue weighted by Crippen LogP contribution is 2.43. The summed E-state index contributed by atoms with van der Waals surface area (Å²) in [6, 6.07) is 8.42. The van der Waals surface area contributed by atoms with Crippen molar-refractivity contribution in [3.63, 3.8) is 0 Å². The molecule has 0 saturated heterocycles. The van der Waals surface area contributed by atoms with Gasteiger partial charge < -0.3 is 0 Å². The van der Waals surface area contributed by atoms with E-state index in [0.29, 0.717) is 6.42 Å². The molecule has 0 bridgehead atoms. The summed E-state index contributed by atoms with van der Waals surface area (Å²) in [6.07, 6.45) is -3.19. The predicted octanol–water partition coefficient (Wildman–Crippen LogP) is 4.85. The molecule has 27 heavy (non-hydrogen) atoms. The Balaban J connectivity index is 2.38. The number of hydrogen-bond donors (Lipinski definition) is 1. The zero-order valence-electron chi connectivity index (χ0n) is 14.0. The fraction of sp³-hybridized carbons (Fsp3) is 0.235. The molecule has 0 aliphatic heterocycles. The van der Waals surface area contributed by atoms with Crippen molar-refractivity contribution in [1.82, 2.24) is 4.72 Å². The van der Waals surface area contributed by atoms with Crippen molar-refractivity contribution in [3.8, 4) is 11.1 Å². The molecule has 0 saturated carbocycles. The summed E-state index contributed by atoms with van der Waals surface area (Å²) in [5.74, 6) is 0. The quantitative estimate of drug-likeness (QED) is 0.522. The summed E-state index contributed by atoms with van der Waals surface area (Å²) in [7, 11) is -3.30. The molecule has 2 aromatic carbocycles. The lowest BCUT2D eigenvalue weighted by molar-refractivity contribution is -0.137. The number of nitrogens with one attached hydrogen (secondary N) is 1. The number of halogens is 4. The molecule has 0 spiro atoms. The fourth-order valence-electron chi connectivity index (χ4n) is 2.45. The van der Waals surface area contributed by atoms with Crippen molar-refractivity contribution in [3.05, 3.63) is 52.5 Å². The van der Waals surface area contributed by atoms with E-state index >= 15 is 0 Å². The Kier molecular flexibility index (Phi) is 6.77. The first-order valence-corrected chi connectivity index (χ1v) is 10.2. The van der Waals surface area contributed by atoms with Gasteiger partial charge in [-0.25, -0.2) is 13.1 Å². The summed E-state index contributed by atoms with van der Waals surface area (Å²) in [5.41, 5.74) is -0.0696. The molecular weight excluding hydrogens is 421 g/mol. The maximum Gasteiger partial charge on any atom is 0.417 e. The lowest BCUT2D eigenvalue weighted by Crippen LogP contribution is -2.24. The van der Waals surface area contributed by atoms with Gasteiger partial charge in [0.25, 0.3) is 0 Å². The van der Waals surface area contributed by atoms with Gasteiger partial charge in [-0.3, -0.25) is 0 Å². The van der Waals surface area contributed by atoms with Crippen LogP contribution in [0.4, 0.5) is 18.9 Å². The molecule has 2 rings (SSSR count). The van der Waals surface area contributed by atoms with Gasteiger partial charge in [-0.05, 0) is 41.9 Å².